The first-order chi connectivity index (χ1) is 11.1. The molecule has 2 aromatic rings. The second-order valence-corrected chi connectivity index (χ2v) is 5.48. The van der Waals surface area contributed by atoms with E-state index in [2.05, 4.69) is 6.07 Å². The van der Waals surface area contributed by atoms with Gasteiger partial charge < -0.3 is 5.11 Å². The number of rotatable bonds is 7. The summed E-state index contributed by atoms with van der Waals surface area (Å²) in [4.78, 5) is 10.6. The molecule has 2 rings (SSSR count). The first-order valence-electron chi connectivity index (χ1n) is 7.46. The molecule has 0 spiro atoms. The number of hydrogen-bond acceptors (Lipinski definition) is 2. The average Bonchev–Trinajstić information content (AvgIpc) is 2.59. The van der Waals surface area contributed by atoms with Gasteiger partial charge in [0, 0.05) is 12.8 Å². The topological polar surface area (TPSA) is 61.1 Å². The molecule has 0 saturated carbocycles. The second kappa shape index (κ2) is 7.55. The van der Waals surface area contributed by atoms with Gasteiger partial charge in [0.2, 0.25) is 0 Å². The van der Waals surface area contributed by atoms with Crippen LogP contribution in [0.3, 0.4) is 0 Å². The van der Waals surface area contributed by atoms with Gasteiger partial charge in [-0.1, -0.05) is 60.7 Å². The smallest absolute Gasteiger partial charge is 0.303 e. The quantitative estimate of drug-likeness (QED) is 0.837. The molecule has 0 saturated heterocycles. The van der Waals surface area contributed by atoms with Gasteiger partial charge in [-0.3, -0.25) is 4.79 Å². The number of nitrogens with zero attached hydrogens (tertiary/aromatic N) is 1. The molecule has 0 heterocycles. The number of alkyl halides is 1. The van der Waals surface area contributed by atoms with E-state index < -0.39 is 17.6 Å². The van der Waals surface area contributed by atoms with Crippen molar-refractivity contribution < 1.29 is 14.3 Å². The van der Waals surface area contributed by atoms with E-state index in [1.807, 2.05) is 36.4 Å². The lowest BCUT2D eigenvalue weighted by Crippen LogP contribution is -2.30. The van der Waals surface area contributed by atoms with E-state index in [1.54, 1.807) is 24.3 Å². The molecule has 1 N–H and O–H groups in total. The Labute approximate surface area is 135 Å². The van der Waals surface area contributed by atoms with E-state index in [1.165, 1.54) is 0 Å². The molecule has 4 heteroatoms. The van der Waals surface area contributed by atoms with E-state index in [-0.39, 0.29) is 19.3 Å². The molecular weight excluding hydrogens is 293 g/mol. The van der Waals surface area contributed by atoms with Gasteiger partial charge in [0.05, 0.1) is 6.07 Å². The summed E-state index contributed by atoms with van der Waals surface area (Å²) < 4.78 is 14.4. The fraction of sp³-hybridized carbons (Fsp3) is 0.263. The van der Waals surface area contributed by atoms with Crippen LogP contribution < -0.4 is 0 Å². The Kier molecular flexibility index (Phi) is 5.48. The van der Waals surface area contributed by atoms with E-state index in [9.17, 15) is 14.4 Å². The van der Waals surface area contributed by atoms with Gasteiger partial charge in [-0.15, -0.1) is 0 Å². The van der Waals surface area contributed by atoms with Gasteiger partial charge in [0.1, 0.15) is 11.6 Å². The number of carbonyl (C=O) groups is 1. The summed E-state index contributed by atoms with van der Waals surface area (Å²) in [5, 5.41) is 18.6. The highest BCUT2D eigenvalue weighted by Crippen LogP contribution is 2.37. The number of carboxylic acid groups (broad SMARTS) is 1. The maximum atomic E-state index is 14.4. The molecule has 0 fully saturated rings. The molecule has 0 aliphatic carbocycles. The fourth-order valence-electron chi connectivity index (χ4n) is 2.74. The van der Waals surface area contributed by atoms with Crippen LogP contribution >= 0.6 is 0 Å². The molecule has 1 unspecified atom stereocenters. The summed E-state index contributed by atoms with van der Waals surface area (Å²) in [6, 6.07) is 20.4. The largest absolute Gasteiger partial charge is 0.481 e. The van der Waals surface area contributed by atoms with Crippen molar-refractivity contribution in [2.24, 2.45) is 0 Å². The number of aliphatic carboxylic acids is 1. The van der Waals surface area contributed by atoms with E-state index in [0.29, 0.717) is 11.1 Å². The maximum Gasteiger partial charge on any atom is 0.303 e. The van der Waals surface area contributed by atoms with Crippen LogP contribution in [0.25, 0.3) is 0 Å². The first-order valence-corrected chi connectivity index (χ1v) is 7.46. The molecule has 0 aliphatic heterocycles. The summed E-state index contributed by atoms with van der Waals surface area (Å²) in [7, 11) is 0. The molecule has 0 aliphatic rings. The molecule has 0 amide bonds. The lowest BCUT2D eigenvalue weighted by molar-refractivity contribution is -0.137. The minimum atomic E-state index is -1.37. The zero-order valence-corrected chi connectivity index (χ0v) is 12.7. The highest BCUT2D eigenvalue weighted by atomic mass is 19.1. The minimum absolute atomic E-state index is 0.0647. The molecule has 3 nitrogen and oxygen atoms in total. The van der Waals surface area contributed by atoms with Gasteiger partial charge in [-0.05, 0) is 17.5 Å². The minimum Gasteiger partial charge on any atom is -0.481 e. The highest BCUT2D eigenvalue weighted by Gasteiger charge is 2.37. The second-order valence-electron chi connectivity index (χ2n) is 5.48. The summed E-state index contributed by atoms with van der Waals surface area (Å²) >= 11 is 0. The van der Waals surface area contributed by atoms with Crippen molar-refractivity contribution >= 4 is 5.97 Å². The maximum absolute atomic E-state index is 14.4. The van der Waals surface area contributed by atoms with E-state index in [0.717, 1.165) is 0 Å². The fourth-order valence-corrected chi connectivity index (χ4v) is 2.74. The molecule has 118 valence electrons. The number of benzene rings is 2. The van der Waals surface area contributed by atoms with Gasteiger partial charge in [-0.2, -0.15) is 5.26 Å². The lowest BCUT2D eigenvalue weighted by Gasteiger charge is -2.29. The summed E-state index contributed by atoms with van der Waals surface area (Å²) in [5.41, 5.74) is 0.304. The molecule has 0 radical (unpaired) electrons. The monoisotopic (exact) mass is 311 g/mol. The van der Waals surface area contributed by atoms with Crippen LogP contribution in [0.5, 0.6) is 0 Å². The number of carboxylic acids is 1. The van der Waals surface area contributed by atoms with E-state index in [4.69, 9.17) is 5.11 Å². The van der Waals surface area contributed by atoms with Crippen LogP contribution in [0.15, 0.2) is 60.7 Å². The van der Waals surface area contributed by atoms with Gasteiger partial charge in [-0.25, -0.2) is 4.39 Å². The van der Waals surface area contributed by atoms with Crippen LogP contribution in [0.4, 0.5) is 4.39 Å². The zero-order chi connectivity index (χ0) is 16.7. The molecular formula is C19H18FNO2. The van der Waals surface area contributed by atoms with Crippen molar-refractivity contribution in [3.05, 3.63) is 71.8 Å². The van der Waals surface area contributed by atoms with Crippen LogP contribution in [0.2, 0.25) is 0 Å². The van der Waals surface area contributed by atoms with Crippen LogP contribution in [-0.2, 0) is 10.2 Å². The average molecular weight is 311 g/mol. The van der Waals surface area contributed by atoms with Crippen LogP contribution in [0.1, 0.15) is 30.4 Å². The normalized spacial score (nSPS) is 12.3. The third-order valence-corrected chi connectivity index (χ3v) is 3.92. The molecule has 2 aromatic carbocycles. The standard InChI is InChI=1S/C19H18FNO2/c20-17(11-12-18(22)23)13-19(14-21,15-7-3-1-4-8-15)16-9-5-2-6-10-16/h1-10,17H,11-13H2,(H,22,23). The lowest BCUT2D eigenvalue weighted by atomic mass is 9.72. The van der Waals surface area contributed by atoms with Crippen molar-refractivity contribution in [2.75, 3.05) is 0 Å². The van der Waals surface area contributed by atoms with E-state index >= 15 is 0 Å². The summed E-state index contributed by atoms with van der Waals surface area (Å²) in [6.45, 7) is 0. The van der Waals surface area contributed by atoms with Gasteiger partial charge >= 0.3 is 5.97 Å². The Hall–Kier alpha value is -2.67. The van der Waals surface area contributed by atoms with Gasteiger partial charge in [0.15, 0.2) is 0 Å². The summed E-state index contributed by atoms with van der Waals surface area (Å²) in [5.74, 6) is -1.03. The van der Waals surface area contributed by atoms with Crippen molar-refractivity contribution in [1.82, 2.24) is 0 Å². The summed E-state index contributed by atoms with van der Waals surface area (Å²) in [6.07, 6.45) is -1.78. The molecule has 0 bridgehead atoms. The Morgan fingerprint density at radius 2 is 1.57 bits per heavy atom. The molecule has 23 heavy (non-hydrogen) atoms. The van der Waals surface area contributed by atoms with Crippen molar-refractivity contribution in [1.29, 1.82) is 5.26 Å². The number of halogens is 1. The van der Waals surface area contributed by atoms with Crippen molar-refractivity contribution in [2.45, 2.75) is 30.8 Å². The zero-order valence-electron chi connectivity index (χ0n) is 12.7. The Morgan fingerprint density at radius 1 is 1.09 bits per heavy atom. The molecule has 1 atom stereocenters. The Bertz CT molecular complexity index is 640. The third kappa shape index (κ3) is 3.95. The van der Waals surface area contributed by atoms with Crippen LogP contribution in [0, 0.1) is 11.3 Å². The predicted octanol–water partition coefficient (Wildman–Crippen LogP) is 4.09. The van der Waals surface area contributed by atoms with Gasteiger partial charge in [0.25, 0.3) is 0 Å². The first kappa shape index (κ1) is 16.7. The Morgan fingerprint density at radius 3 is 1.96 bits per heavy atom. The van der Waals surface area contributed by atoms with Crippen molar-refractivity contribution in [3.8, 4) is 6.07 Å². The van der Waals surface area contributed by atoms with Crippen molar-refractivity contribution in [3.63, 3.8) is 0 Å². The predicted molar refractivity (Wildman–Crippen MR) is 85.7 cm³/mol. The highest BCUT2D eigenvalue weighted by molar-refractivity contribution is 5.66. The number of nitriles is 1. The SMILES string of the molecule is N#CC(CC(F)CCC(=O)O)(c1ccccc1)c1ccccc1. The number of hydrogen-bond donors (Lipinski definition) is 1. The molecule has 0 aromatic heterocycles. The third-order valence-electron chi connectivity index (χ3n) is 3.92. The Balaban J connectivity index is 2.39. The van der Waals surface area contributed by atoms with Crippen LogP contribution in [-0.4, -0.2) is 17.2 Å².